The molecule has 4 nitrogen and oxygen atoms in total. The van der Waals surface area contributed by atoms with E-state index in [9.17, 15) is 9.90 Å². The summed E-state index contributed by atoms with van der Waals surface area (Å²) in [5.74, 6) is -1.12. The Labute approximate surface area is 146 Å². The molecule has 116 valence electrons. The molecule has 1 aromatic heterocycles. The van der Waals surface area contributed by atoms with Crippen molar-refractivity contribution in [3.05, 3.63) is 63.2 Å². The van der Waals surface area contributed by atoms with Gasteiger partial charge in [0.2, 0.25) is 0 Å². The maximum absolute atomic E-state index is 11.5. The summed E-state index contributed by atoms with van der Waals surface area (Å²) in [5, 5.41) is 14.2. The van der Waals surface area contributed by atoms with Crippen LogP contribution >= 0.6 is 34.8 Å². The number of nitrogens with zero attached hydrogens (tertiary/aromatic N) is 1. The van der Waals surface area contributed by atoms with Gasteiger partial charge < -0.3 is 10.4 Å². The number of benzene rings is 2. The molecule has 0 radical (unpaired) electrons. The Morgan fingerprint density at radius 2 is 1.87 bits per heavy atom. The van der Waals surface area contributed by atoms with Gasteiger partial charge in [-0.1, -0.05) is 40.9 Å². The minimum atomic E-state index is -1.12. The van der Waals surface area contributed by atoms with Crippen LogP contribution in [0.5, 0.6) is 0 Å². The van der Waals surface area contributed by atoms with E-state index >= 15 is 0 Å². The second-order valence-corrected chi connectivity index (χ2v) is 6.05. The Bertz CT molecular complexity index is 929. The molecule has 23 heavy (non-hydrogen) atoms. The first-order valence-electron chi connectivity index (χ1n) is 6.49. The first-order chi connectivity index (χ1) is 11.0. The van der Waals surface area contributed by atoms with E-state index in [2.05, 4.69) is 10.3 Å². The predicted octanol–water partition coefficient (Wildman–Crippen LogP) is 5.64. The monoisotopic (exact) mass is 366 g/mol. The van der Waals surface area contributed by atoms with E-state index in [1.807, 2.05) is 0 Å². The largest absolute Gasteiger partial charge is 0.478 e. The van der Waals surface area contributed by atoms with E-state index in [4.69, 9.17) is 34.8 Å². The van der Waals surface area contributed by atoms with Crippen molar-refractivity contribution in [3.8, 4) is 0 Å². The summed E-state index contributed by atoms with van der Waals surface area (Å²) in [7, 11) is 0. The number of aromatic carboxylic acids is 1. The summed E-state index contributed by atoms with van der Waals surface area (Å²) in [6, 6.07) is 10.1. The fraction of sp³-hybridized carbons (Fsp3) is 0. The van der Waals surface area contributed by atoms with Gasteiger partial charge in [0.05, 0.1) is 16.2 Å². The second-order valence-electron chi connectivity index (χ2n) is 4.77. The smallest absolute Gasteiger partial charge is 0.339 e. The number of aromatic nitrogens is 1. The third kappa shape index (κ3) is 3.20. The molecule has 1 heterocycles. The lowest BCUT2D eigenvalue weighted by Gasteiger charge is -2.14. The second kappa shape index (κ2) is 6.24. The number of carboxylic acids is 1. The number of nitrogens with one attached hydrogen (secondary N) is 1. The van der Waals surface area contributed by atoms with Gasteiger partial charge in [-0.3, -0.25) is 4.98 Å². The zero-order valence-electron chi connectivity index (χ0n) is 11.5. The molecule has 0 amide bonds. The molecule has 0 fully saturated rings. The zero-order chi connectivity index (χ0) is 16.6. The number of hydrogen-bond acceptors (Lipinski definition) is 3. The summed E-state index contributed by atoms with van der Waals surface area (Å²) in [6.07, 6.45) is 1.27. The Morgan fingerprint density at radius 1 is 1.09 bits per heavy atom. The lowest BCUT2D eigenvalue weighted by atomic mass is 10.1. The topological polar surface area (TPSA) is 62.2 Å². The third-order valence-corrected chi connectivity index (χ3v) is 3.96. The summed E-state index contributed by atoms with van der Waals surface area (Å²) in [6.45, 7) is 0. The van der Waals surface area contributed by atoms with E-state index in [1.54, 1.807) is 36.4 Å². The van der Waals surface area contributed by atoms with Crippen molar-refractivity contribution in [1.29, 1.82) is 0 Å². The number of anilines is 2. The molecule has 0 saturated carbocycles. The van der Waals surface area contributed by atoms with Gasteiger partial charge in [0, 0.05) is 27.3 Å². The number of halogens is 3. The summed E-state index contributed by atoms with van der Waals surface area (Å²) < 4.78 is 0. The van der Waals surface area contributed by atoms with Gasteiger partial charge in [-0.25, -0.2) is 4.79 Å². The zero-order valence-corrected chi connectivity index (χ0v) is 13.7. The molecule has 3 aromatic rings. The van der Waals surface area contributed by atoms with Crippen molar-refractivity contribution in [2.24, 2.45) is 0 Å². The Morgan fingerprint density at radius 3 is 2.57 bits per heavy atom. The SMILES string of the molecule is O=C(O)c1cnc2cc(Cl)cc(Cl)c2c1Nc1cccc(Cl)c1. The number of rotatable bonds is 3. The van der Waals surface area contributed by atoms with Crippen LogP contribution in [0.25, 0.3) is 10.9 Å². The minimum absolute atomic E-state index is 0.00157. The Balaban J connectivity index is 2.27. The molecule has 3 rings (SSSR count). The van der Waals surface area contributed by atoms with Crippen molar-refractivity contribution in [1.82, 2.24) is 4.98 Å². The molecule has 2 aromatic carbocycles. The first-order valence-corrected chi connectivity index (χ1v) is 7.63. The molecule has 0 aliphatic heterocycles. The summed E-state index contributed by atoms with van der Waals surface area (Å²) in [4.78, 5) is 15.7. The number of fused-ring (bicyclic) bond motifs is 1. The van der Waals surface area contributed by atoms with Crippen molar-refractivity contribution < 1.29 is 9.90 Å². The highest BCUT2D eigenvalue weighted by atomic mass is 35.5. The molecule has 0 saturated heterocycles. The third-order valence-electron chi connectivity index (χ3n) is 3.21. The Hall–Kier alpha value is -2.01. The molecular weight excluding hydrogens is 359 g/mol. The van der Waals surface area contributed by atoms with E-state index in [0.29, 0.717) is 37.3 Å². The van der Waals surface area contributed by atoms with E-state index in [-0.39, 0.29) is 5.56 Å². The van der Waals surface area contributed by atoms with Crippen LogP contribution in [0.2, 0.25) is 15.1 Å². The maximum Gasteiger partial charge on any atom is 0.339 e. The van der Waals surface area contributed by atoms with Crippen LogP contribution < -0.4 is 5.32 Å². The van der Waals surface area contributed by atoms with Gasteiger partial charge in [-0.15, -0.1) is 0 Å². The molecular formula is C16H9Cl3N2O2. The molecule has 7 heteroatoms. The first kappa shape index (κ1) is 15.9. The average Bonchev–Trinajstić information content (AvgIpc) is 2.46. The van der Waals surface area contributed by atoms with Crippen molar-refractivity contribution in [2.45, 2.75) is 0 Å². The van der Waals surface area contributed by atoms with Gasteiger partial charge in [0.1, 0.15) is 5.56 Å². The molecule has 2 N–H and O–H groups in total. The van der Waals surface area contributed by atoms with E-state index in [1.165, 1.54) is 6.20 Å². The van der Waals surface area contributed by atoms with Crippen LogP contribution in [0.1, 0.15) is 10.4 Å². The van der Waals surface area contributed by atoms with E-state index < -0.39 is 5.97 Å². The highest BCUT2D eigenvalue weighted by Gasteiger charge is 2.17. The molecule has 0 spiro atoms. The maximum atomic E-state index is 11.5. The summed E-state index contributed by atoms with van der Waals surface area (Å²) >= 11 is 18.2. The standard InChI is InChI=1S/C16H9Cl3N2O2/c17-8-2-1-3-10(4-8)21-15-11(16(22)23)7-20-13-6-9(18)5-12(19)14(13)15/h1-7H,(H,20,21)(H,22,23). The van der Waals surface area contributed by atoms with Gasteiger partial charge >= 0.3 is 5.97 Å². The fourth-order valence-corrected chi connectivity index (χ4v) is 3.01. The lowest BCUT2D eigenvalue weighted by molar-refractivity contribution is 0.0697. The lowest BCUT2D eigenvalue weighted by Crippen LogP contribution is -2.05. The number of hydrogen-bond donors (Lipinski definition) is 2. The molecule has 0 atom stereocenters. The highest BCUT2D eigenvalue weighted by Crippen LogP contribution is 2.36. The van der Waals surface area contributed by atoms with Gasteiger partial charge in [-0.05, 0) is 30.3 Å². The number of carboxylic acid groups (broad SMARTS) is 1. The van der Waals surface area contributed by atoms with Crippen LogP contribution in [0.15, 0.2) is 42.6 Å². The van der Waals surface area contributed by atoms with Gasteiger partial charge in [0.25, 0.3) is 0 Å². The summed E-state index contributed by atoms with van der Waals surface area (Å²) in [5.41, 5.74) is 1.48. The van der Waals surface area contributed by atoms with Gasteiger partial charge in [-0.2, -0.15) is 0 Å². The predicted molar refractivity (Wildman–Crippen MR) is 93.5 cm³/mol. The fourth-order valence-electron chi connectivity index (χ4n) is 2.25. The number of pyridine rings is 1. The molecule has 0 unspecified atom stereocenters. The van der Waals surface area contributed by atoms with Crippen LogP contribution in [0, 0.1) is 0 Å². The van der Waals surface area contributed by atoms with Gasteiger partial charge in [0.15, 0.2) is 0 Å². The van der Waals surface area contributed by atoms with Crippen molar-refractivity contribution >= 4 is 63.0 Å². The van der Waals surface area contributed by atoms with Crippen molar-refractivity contribution in [2.75, 3.05) is 5.32 Å². The van der Waals surface area contributed by atoms with Crippen molar-refractivity contribution in [3.63, 3.8) is 0 Å². The molecule has 0 aliphatic rings. The molecule has 0 aliphatic carbocycles. The Kier molecular flexibility index (Phi) is 4.31. The quantitative estimate of drug-likeness (QED) is 0.629. The van der Waals surface area contributed by atoms with Crippen LogP contribution in [-0.2, 0) is 0 Å². The number of carbonyl (C=O) groups is 1. The van der Waals surface area contributed by atoms with Crippen LogP contribution in [0.3, 0.4) is 0 Å². The normalized spacial score (nSPS) is 10.7. The minimum Gasteiger partial charge on any atom is -0.478 e. The average molecular weight is 368 g/mol. The van der Waals surface area contributed by atoms with Crippen LogP contribution in [-0.4, -0.2) is 16.1 Å². The van der Waals surface area contributed by atoms with Crippen LogP contribution in [0.4, 0.5) is 11.4 Å². The molecule has 0 bridgehead atoms. The highest BCUT2D eigenvalue weighted by molar-refractivity contribution is 6.39. The van der Waals surface area contributed by atoms with E-state index in [0.717, 1.165) is 0 Å².